The van der Waals surface area contributed by atoms with Crippen molar-refractivity contribution in [3.63, 3.8) is 0 Å². The number of rotatable bonds is 4. The van der Waals surface area contributed by atoms with Gasteiger partial charge in [0.25, 0.3) is 0 Å². The van der Waals surface area contributed by atoms with E-state index < -0.39 is 0 Å². The molecule has 0 spiro atoms. The molecule has 0 saturated heterocycles. The van der Waals surface area contributed by atoms with Crippen LogP contribution in [-0.2, 0) is 5.41 Å². The Labute approximate surface area is 210 Å². The highest BCUT2D eigenvalue weighted by molar-refractivity contribution is 6.09. The lowest BCUT2D eigenvalue weighted by atomic mass is 9.86. The first-order valence-electron chi connectivity index (χ1n) is 12.0. The minimum Gasteiger partial charge on any atom is -0.457 e. The van der Waals surface area contributed by atoms with Crippen LogP contribution in [0, 0.1) is 0 Å². The Morgan fingerprint density at radius 1 is 0.806 bits per heavy atom. The molecule has 0 bridgehead atoms. The molecule has 5 aromatic rings. The van der Waals surface area contributed by atoms with Gasteiger partial charge in [-0.25, -0.2) is 15.1 Å². The van der Waals surface area contributed by atoms with Crippen LogP contribution in [0.1, 0.15) is 26.3 Å². The molecule has 3 heterocycles. The fourth-order valence-electron chi connectivity index (χ4n) is 4.56. The van der Waals surface area contributed by atoms with Gasteiger partial charge in [-0.05, 0) is 53.4 Å². The molecule has 6 rings (SSSR count). The van der Waals surface area contributed by atoms with Gasteiger partial charge in [-0.15, -0.1) is 10.6 Å². The summed E-state index contributed by atoms with van der Waals surface area (Å²) in [5, 5.41) is 10.2. The zero-order chi connectivity index (χ0) is 24.9. The monoisotopic (exact) mass is 476 g/mol. The lowest BCUT2D eigenvalue weighted by molar-refractivity contribution is 0.279. The van der Waals surface area contributed by atoms with Crippen molar-refractivity contribution < 1.29 is 4.74 Å². The second-order valence-electron chi connectivity index (χ2n) is 10.0. The van der Waals surface area contributed by atoms with Crippen LogP contribution in [0.4, 0.5) is 5.69 Å². The maximum absolute atomic E-state index is 6.49. The molecule has 0 unspecified atom stereocenters. The van der Waals surface area contributed by atoms with Crippen molar-refractivity contribution in [2.45, 2.75) is 26.2 Å². The van der Waals surface area contributed by atoms with Gasteiger partial charge >= 0.3 is 0 Å². The SMILES string of the molecule is CN1N=CN(c2cc(Oc3ccc4c5ccccc5n(-c5ccccn5)c4c3)cc(C(C)(C)C)c2)N1. The second kappa shape index (κ2) is 8.39. The number of para-hydroxylation sites is 1. The van der Waals surface area contributed by atoms with Gasteiger partial charge in [0.15, 0.2) is 0 Å². The Morgan fingerprint density at radius 3 is 2.36 bits per heavy atom. The number of hydrogen-bond donors (Lipinski definition) is 1. The van der Waals surface area contributed by atoms with Gasteiger partial charge in [0.1, 0.15) is 23.7 Å². The molecular formula is C29H28N6O. The largest absolute Gasteiger partial charge is 0.457 e. The van der Waals surface area contributed by atoms with E-state index in [1.807, 2.05) is 48.6 Å². The maximum Gasteiger partial charge on any atom is 0.137 e. The average Bonchev–Trinajstić information content (AvgIpc) is 3.45. The lowest BCUT2D eigenvalue weighted by Gasteiger charge is -2.24. The highest BCUT2D eigenvalue weighted by Gasteiger charge is 2.20. The molecule has 2 aromatic heterocycles. The summed E-state index contributed by atoms with van der Waals surface area (Å²) >= 11 is 0. The van der Waals surface area contributed by atoms with Crippen molar-refractivity contribution in [2.75, 3.05) is 12.1 Å². The quantitative estimate of drug-likeness (QED) is 0.326. The molecule has 0 radical (unpaired) electrons. The molecule has 1 N–H and O–H groups in total. The number of ether oxygens (including phenoxy) is 1. The molecule has 0 saturated carbocycles. The van der Waals surface area contributed by atoms with Gasteiger partial charge in [-0.2, -0.15) is 0 Å². The molecule has 0 fully saturated rings. The van der Waals surface area contributed by atoms with Crippen LogP contribution >= 0.6 is 0 Å². The fourth-order valence-corrected chi connectivity index (χ4v) is 4.56. The summed E-state index contributed by atoms with van der Waals surface area (Å²) in [6, 6.07) is 26.9. The van der Waals surface area contributed by atoms with Crippen molar-refractivity contribution in [1.82, 2.24) is 20.2 Å². The summed E-state index contributed by atoms with van der Waals surface area (Å²) in [5.41, 5.74) is 7.42. The first-order valence-corrected chi connectivity index (χ1v) is 12.0. The molecule has 0 amide bonds. The van der Waals surface area contributed by atoms with E-state index in [9.17, 15) is 0 Å². The lowest BCUT2D eigenvalue weighted by Crippen LogP contribution is -2.38. The molecule has 1 aliphatic rings. The molecule has 1 aliphatic heterocycles. The number of anilines is 1. The summed E-state index contributed by atoms with van der Waals surface area (Å²) in [6.45, 7) is 6.60. The van der Waals surface area contributed by atoms with Gasteiger partial charge in [0, 0.05) is 36.1 Å². The molecular weight excluding hydrogens is 448 g/mol. The van der Waals surface area contributed by atoms with Gasteiger partial charge in [0.2, 0.25) is 0 Å². The van der Waals surface area contributed by atoms with E-state index in [0.717, 1.165) is 39.4 Å². The third-order valence-corrected chi connectivity index (χ3v) is 6.39. The van der Waals surface area contributed by atoms with E-state index in [4.69, 9.17) is 4.74 Å². The molecule has 3 aromatic carbocycles. The van der Waals surface area contributed by atoms with Gasteiger partial charge in [-0.1, -0.05) is 45.0 Å². The topological polar surface area (TPSA) is 57.9 Å². The van der Waals surface area contributed by atoms with Crippen LogP contribution < -0.4 is 15.3 Å². The smallest absolute Gasteiger partial charge is 0.137 e. The maximum atomic E-state index is 6.49. The summed E-state index contributed by atoms with van der Waals surface area (Å²) < 4.78 is 8.68. The Balaban J connectivity index is 1.46. The van der Waals surface area contributed by atoms with Crippen LogP contribution in [-0.4, -0.2) is 28.1 Å². The van der Waals surface area contributed by atoms with Crippen molar-refractivity contribution in [1.29, 1.82) is 0 Å². The molecule has 36 heavy (non-hydrogen) atoms. The zero-order valence-electron chi connectivity index (χ0n) is 20.8. The number of hydrazine groups is 2. The van der Waals surface area contributed by atoms with Crippen LogP contribution in [0.25, 0.3) is 27.6 Å². The van der Waals surface area contributed by atoms with Crippen molar-refractivity contribution >= 4 is 33.8 Å². The predicted molar refractivity (Wildman–Crippen MR) is 146 cm³/mol. The van der Waals surface area contributed by atoms with Crippen LogP contribution in [0.2, 0.25) is 0 Å². The Bertz CT molecular complexity index is 1600. The summed E-state index contributed by atoms with van der Waals surface area (Å²) in [4.78, 5) is 4.63. The normalized spacial score (nSPS) is 13.8. The Morgan fingerprint density at radius 2 is 1.61 bits per heavy atom. The number of hydrogen-bond acceptors (Lipinski definition) is 6. The first kappa shape index (κ1) is 22.1. The number of nitrogens with zero attached hydrogens (tertiary/aromatic N) is 5. The Kier molecular flexibility index (Phi) is 5.16. The molecule has 7 heteroatoms. The molecule has 7 nitrogen and oxygen atoms in total. The number of nitrogens with one attached hydrogen (secondary N) is 1. The number of pyridine rings is 1. The third kappa shape index (κ3) is 3.93. The number of hydrazone groups is 1. The highest BCUT2D eigenvalue weighted by atomic mass is 16.5. The van der Waals surface area contributed by atoms with Crippen LogP contribution in [0.5, 0.6) is 11.5 Å². The third-order valence-electron chi connectivity index (χ3n) is 6.39. The van der Waals surface area contributed by atoms with E-state index >= 15 is 0 Å². The van der Waals surface area contributed by atoms with E-state index in [2.05, 4.69) is 89.5 Å². The predicted octanol–water partition coefficient (Wildman–Crippen LogP) is 6.38. The minimum absolute atomic E-state index is 0.0494. The van der Waals surface area contributed by atoms with Crippen LogP contribution in [0.15, 0.2) is 90.2 Å². The van der Waals surface area contributed by atoms with Crippen molar-refractivity contribution in [2.24, 2.45) is 5.10 Å². The number of aromatic nitrogens is 2. The number of benzene rings is 3. The minimum atomic E-state index is -0.0494. The van der Waals surface area contributed by atoms with Crippen molar-refractivity contribution in [3.8, 4) is 17.3 Å². The molecule has 180 valence electrons. The fraction of sp³-hybridized carbons (Fsp3) is 0.172. The molecule has 0 atom stereocenters. The zero-order valence-corrected chi connectivity index (χ0v) is 20.8. The molecule has 0 aliphatic carbocycles. The van der Waals surface area contributed by atoms with Crippen molar-refractivity contribution in [3.05, 3.63) is 90.6 Å². The van der Waals surface area contributed by atoms with E-state index in [1.165, 1.54) is 10.9 Å². The standard InChI is InChI=1S/C29H28N6O/c1-29(2,3)20-15-21(34-19-31-33(4)32-34)17-23(16-20)36-22-12-13-25-24-9-5-6-10-26(24)35(27(25)18-22)28-11-7-8-14-30-28/h5-19,32H,1-4H3. The van der Waals surface area contributed by atoms with E-state index in [0.29, 0.717) is 0 Å². The summed E-state index contributed by atoms with van der Waals surface area (Å²) in [5.74, 6) is 2.41. The van der Waals surface area contributed by atoms with E-state index in [1.54, 1.807) is 11.5 Å². The van der Waals surface area contributed by atoms with Gasteiger partial charge in [0.05, 0.1) is 16.7 Å². The highest BCUT2D eigenvalue weighted by Crippen LogP contribution is 2.37. The first-order chi connectivity index (χ1) is 17.4. The summed E-state index contributed by atoms with van der Waals surface area (Å²) in [6.07, 6.45) is 3.58. The second-order valence-corrected chi connectivity index (χ2v) is 10.0. The average molecular weight is 477 g/mol. The number of fused-ring (bicyclic) bond motifs is 3. The Hall–Kier alpha value is -4.36. The summed E-state index contributed by atoms with van der Waals surface area (Å²) in [7, 11) is 1.86. The van der Waals surface area contributed by atoms with Gasteiger partial charge in [-0.3, -0.25) is 4.57 Å². The van der Waals surface area contributed by atoms with Crippen LogP contribution in [0.3, 0.4) is 0 Å². The van der Waals surface area contributed by atoms with Gasteiger partial charge < -0.3 is 4.74 Å². The van der Waals surface area contributed by atoms with E-state index in [-0.39, 0.29) is 5.41 Å².